The first-order valence-corrected chi connectivity index (χ1v) is 0. The summed E-state index contributed by atoms with van der Waals surface area (Å²) in [6, 6.07) is 0. The molecule has 4 heteroatoms. The van der Waals surface area contributed by atoms with Crippen LogP contribution >= 0.6 is 0 Å². The van der Waals surface area contributed by atoms with Crippen molar-refractivity contribution in [3.8, 4) is 0 Å². The molecule has 0 unspecified atom stereocenters. The maximum absolute atomic E-state index is 0. The summed E-state index contributed by atoms with van der Waals surface area (Å²) in [6.07, 6.45) is 0. The van der Waals surface area contributed by atoms with E-state index in [1.807, 2.05) is 0 Å². The normalized spacial score (nSPS) is 0. The van der Waals surface area contributed by atoms with Crippen LogP contribution in [0.2, 0.25) is 0 Å². The zero-order valence-electron chi connectivity index (χ0n) is 2.02. The Balaban J connectivity index is 0. The molecule has 0 N–H and O–H groups in total. The smallest absolute Gasteiger partial charge is 2.00 e. The average Bonchev–Trinajstić information content (AvgIpc) is 0. The van der Waals surface area contributed by atoms with E-state index in [9.17, 15) is 0 Å². The minimum atomic E-state index is 0. The molecule has 0 aromatic carbocycles. The quantitative estimate of drug-likeness (QED) is 0.551. The van der Waals surface area contributed by atoms with Gasteiger partial charge in [-0.3, -0.25) is 0 Å². The van der Waals surface area contributed by atoms with Crippen molar-refractivity contribution in [2.45, 2.75) is 0 Å². The van der Waals surface area contributed by atoms with Crippen LogP contribution in [0.15, 0.2) is 0 Å². The summed E-state index contributed by atoms with van der Waals surface area (Å²) in [5.41, 5.74) is 0. The zero-order chi connectivity index (χ0) is 0. The van der Waals surface area contributed by atoms with E-state index in [0.717, 1.165) is 0 Å². The largest absolute Gasteiger partial charge is 3.00 e. The van der Waals surface area contributed by atoms with Crippen molar-refractivity contribution in [3.63, 3.8) is 0 Å². The van der Waals surface area contributed by atoms with Crippen molar-refractivity contribution < 1.29 is 80.0 Å². The van der Waals surface area contributed by atoms with Gasteiger partial charge < -0.3 is 11.0 Å². The average molecular weight is 285 g/mol. The van der Waals surface area contributed by atoms with E-state index in [1.165, 1.54) is 0 Å². The van der Waals surface area contributed by atoms with Crippen molar-refractivity contribution in [1.82, 2.24) is 0 Å². The van der Waals surface area contributed by atoms with Crippen LogP contribution in [0.5, 0.6) is 0 Å². The van der Waals surface area contributed by atoms with Crippen molar-refractivity contribution in [2.24, 2.45) is 0 Å². The Bertz CT molecular complexity index is 6.00. The first-order valence-electron chi connectivity index (χ1n) is 0. The molecule has 0 atom stereocenters. The van der Waals surface area contributed by atoms with Crippen LogP contribution in [-0.4, -0.2) is 0 Å². The number of hydrogen-bond acceptors (Lipinski definition) is 0. The van der Waals surface area contributed by atoms with Gasteiger partial charge in [-0.05, 0) is 0 Å². The third kappa shape index (κ3) is 8.88. The van der Waals surface area contributed by atoms with Gasteiger partial charge in [0.25, 0.3) is 0 Å². The summed E-state index contributed by atoms with van der Waals surface area (Å²) >= 11 is 0. The maximum atomic E-state index is 0. The summed E-state index contributed by atoms with van der Waals surface area (Å²) in [5, 5.41) is 0. The Labute approximate surface area is 78.5 Å². The van der Waals surface area contributed by atoms with E-state index in [4.69, 9.17) is 0 Å². The topological polar surface area (TPSA) is 57.0 Å². The molecule has 0 aliphatic carbocycles. The van der Waals surface area contributed by atoms with Gasteiger partial charge in [0.1, 0.15) is 0 Å². The van der Waals surface area contributed by atoms with E-state index >= 15 is 0 Å². The number of rotatable bonds is 0. The molecule has 0 amide bonds. The second kappa shape index (κ2) is 18.9. The minimum Gasteiger partial charge on any atom is -2.00 e. The van der Waals surface area contributed by atoms with Gasteiger partial charge in [0.2, 0.25) is 0 Å². The van der Waals surface area contributed by atoms with Gasteiger partial charge in [-0.2, -0.15) is 0 Å². The molecule has 0 heterocycles. The van der Waals surface area contributed by atoms with Gasteiger partial charge in [0.05, 0.1) is 0 Å². The summed E-state index contributed by atoms with van der Waals surface area (Å²) in [7, 11) is 0. The van der Waals surface area contributed by atoms with Crippen LogP contribution in [-0.2, 0) is 38.3 Å². The third-order valence-electron chi connectivity index (χ3n) is 0. The van der Waals surface area contributed by atoms with Gasteiger partial charge in [-0.15, -0.1) is 0 Å². The molecule has 0 aromatic heterocycles. The molecule has 0 aromatic rings. The molecule has 0 saturated heterocycles. The zero-order valence-corrected chi connectivity index (χ0v) is 9.20. The van der Waals surface area contributed by atoms with E-state index in [1.54, 1.807) is 0 Å². The third-order valence-corrected chi connectivity index (χ3v) is 0. The fourth-order valence-corrected chi connectivity index (χ4v) is 0. The molecule has 2 nitrogen and oxygen atoms in total. The van der Waals surface area contributed by atoms with E-state index in [2.05, 4.69) is 0 Å². The molecule has 0 spiro atoms. The molecule has 0 aliphatic rings. The molecule has 0 fully saturated rings. The van der Waals surface area contributed by atoms with E-state index in [-0.39, 0.29) is 80.0 Å². The minimum absolute atomic E-state index is 0. The maximum Gasteiger partial charge on any atom is 3.00 e. The molecular formula is CdCeO2+. The van der Waals surface area contributed by atoms with Crippen molar-refractivity contribution in [3.05, 3.63) is 0 Å². The van der Waals surface area contributed by atoms with Crippen LogP contribution < -0.4 is 0 Å². The van der Waals surface area contributed by atoms with Crippen molar-refractivity contribution in [2.75, 3.05) is 0 Å². The molecule has 0 bridgehead atoms. The summed E-state index contributed by atoms with van der Waals surface area (Å²) in [4.78, 5) is 0. The SMILES string of the molecule is [Cd+2].[Ce+3].[O-2].[O-2]. The Morgan fingerprint density at radius 3 is 0.750 bits per heavy atom. The fraction of sp³-hybridized carbons (Fsp3) is 0. The van der Waals surface area contributed by atoms with Gasteiger partial charge in [0.15, 0.2) is 0 Å². The van der Waals surface area contributed by atoms with Gasteiger partial charge in [-0.25, -0.2) is 0 Å². The van der Waals surface area contributed by atoms with Crippen molar-refractivity contribution >= 4 is 0 Å². The molecule has 0 aliphatic heterocycles. The van der Waals surface area contributed by atoms with E-state index in [0.29, 0.717) is 0 Å². The Morgan fingerprint density at radius 1 is 0.750 bits per heavy atom. The molecule has 0 saturated carbocycles. The van der Waals surface area contributed by atoms with Gasteiger partial charge in [-0.1, -0.05) is 0 Å². The second-order valence-corrected chi connectivity index (χ2v) is 0. The first-order chi connectivity index (χ1) is 0. The van der Waals surface area contributed by atoms with Gasteiger partial charge in [0, 0.05) is 0 Å². The molecule has 4 heavy (non-hydrogen) atoms. The summed E-state index contributed by atoms with van der Waals surface area (Å²) < 4.78 is 0. The predicted octanol–water partition coefficient (Wildman–Crippen LogP) is -0.240. The van der Waals surface area contributed by atoms with Crippen LogP contribution in [0.1, 0.15) is 0 Å². The second-order valence-electron chi connectivity index (χ2n) is 0. The first kappa shape index (κ1) is 34.4. The van der Waals surface area contributed by atoms with Crippen LogP contribution in [0.25, 0.3) is 0 Å². The molecule has 0 rings (SSSR count). The van der Waals surface area contributed by atoms with Crippen molar-refractivity contribution in [1.29, 1.82) is 0 Å². The predicted molar refractivity (Wildman–Crippen MR) is 1.37 cm³/mol. The molecule has 17 valence electrons. The van der Waals surface area contributed by atoms with E-state index < -0.39 is 0 Å². The molecule has 1 radical (unpaired) electrons. The number of hydrogen-bond donors (Lipinski definition) is 0. The Kier molecular flexibility index (Phi) is 162. The molecular weight excluding hydrogens is 285 g/mol. The van der Waals surface area contributed by atoms with Crippen LogP contribution in [0.4, 0.5) is 0 Å². The Morgan fingerprint density at radius 2 is 0.750 bits per heavy atom. The van der Waals surface area contributed by atoms with Gasteiger partial charge >= 0.3 is 69.0 Å². The van der Waals surface area contributed by atoms with Crippen LogP contribution in [0.3, 0.4) is 0 Å². The monoisotopic (exact) mass is 286 g/mol. The summed E-state index contributed by atoms with van der Waals surface area (Å²) in [6.45, 7) is 0. The fourth-order valence-electron chi connectivity index (χ4n) is 0. The Hall–Kier alpha value is 2.22. The summed E-state index contributed by atoms with van der Waals surface area (Å²) in [5.74, 6) is 0. The standard InChI is InChI=1S/Cd.Ce.2O/q+2;+3;2*-2. The van der Waals surface area contributed by atoms with Crippen LogP contribution in [0, 0.1) is 41.7 Å².